The van der Waals surface area contributed by atoms with Gasteiger partial charge in [-0.3, -0.25) is 0 Å². The monoisotopic (exact) mass is 322 g/mol. The lowest BCUT2D eigenvalue weighted by molar-refractivity contribution is 0.0403. The molecule has 0 fully saturated rings. The molecule has 1 heterocycles. The van der Waals surface area contributed by atoms with Crippen LogP contribution >= 0.6 is 0 Å². The van der Waals surface area contributed by atoms with Gasteiger partial charge in [-0.05, 0) is 44.0 Å². The standard InChI is InChI=1S/C17H26N2O4/c1-3-8-18-11-13(20)12-23-19-16-5-4-9-22-17-7-6-14(21-2)10-15(16)17/h6-7,10,13,18,20H,3-5,8-9,11-12H2,1-2H3/b19-16-. The topological polar surface area (TPSA) is 72.3 Å². The Labute approximate surface area is 137 Å². The van der Waals surface area contributed by atoms with Gasteiger partial charge in [-0.2, -0.15) is 0 Å². The van der Waals surface area contributed by atoms with Gasteiger partial charge in [0, 0.05) is 12.1 Å². The number of rotatable bonds is 8. The van der Waals surface area contributed by atoms with Crippen molar-refractivity contribution in [2.24, 2.45) is 5.16 Å². The second kappa shape index (κ2) is 9.37. The van der Waals surface area contributed by atoms with Crippen LogP contribution in [0.2, 0.25) is 0 Å². The summed E-state index contributed by atoms with van der Waals surface area (Å²) >= 11 is 0. The summed E-state index contributed by atoms with van der Waals surface area (Å²) in [5.41, 5.74) is 1.71. The van der Waals surface area contributed by atoms with Crippen molar-refractivity contribution in [3.8, 4) is 11.5 Å². The van der Waals surface area contributed by atoms with Gasteiger partial charge < -0.3 is 24.7 Å². The van der Waals surface area contributed by atoms with Crippen molar-refractivity contribution < 1.29 is 19.4 Å². The summed E-state index contributed by atoms with van der Waals surface area (Å²) in [6, 6.07) is 5.66. The first-order valence-corrected chi connectivity index (χ1v) is 8.13. The number of fused-ring (bicyclic) bond motifs is 1. The Bertz CT molecular complexity index is 519. The van der Waals surface area contributed by atoms with E-state index in [4.69, 9.17) is 14.3 Å². The molecular weight excluding hydrogens is 296 g/mol. The maximum Gasteiger partial charge on any atom is 0.144 e. The van der Waals surface area contributed by atoms with Crippen LogP contribution < -0.4 is 14.8 Å². The molecule has 0 amide bonds. The molecule has 1 aromatic carbocycles. The maximum absolute atomic E-state index is 9.84. The minimum atomic E-state index is -0.572. The Morgan fingerprint density at radius 1 is 1.43 bits per heavy atom. The molecule has 1 aliphatic heterocycles. The summed E-state index contributed by atoms with van der Waals surface area (Å²) < 4.78 is 11.0. The SMILES string of the molecule is CCCNCC(O)CO/N=C1/CCCOc2ccc(OC)cc21. The van der Waals surface area contributed by atoms with E-state index in [1.54, 1.807) is 7.11 Å². The largest absolute Gasteiger partial charge is 0.497 e. The molecule has 1 aromatic rings. The summed E-state index contributed by atoms with van der Waals surface area (Å²) in [4.78, 5) is 5.35. The van der Waals surface area contributed by atoms with E-state index in [1.807, 2.05) is 18.2 Å². The molecular formula is C17H26N2O4. The molecule has 0 radical (unpaired) electrons. The zero-order chi connectivity index (χ0) is 16.5. The molecule has 0 saturated heterocycles. The van der Waals surface area contributed by atoms with Gasteiger partial charge in [0.25, 0.3) is 0 Å². The normalized spacial score (nSPS) is 17.1. The third-order valence-electron chi connectivity index (χ3n) is 3.56. The van der Waals surface area contributed by atoms with E-state index in [0.29, 0.717) is 13.2 Å². The Morgan fingerprint density at radius 2 is 2.30 bits per heavy atom. The predicted molar refractivity (Wildman–Crippen MR) is 89.4 cm³/mol. The summed E-state index contributed by atoms with van der Waals surface area (Å²) in [6.45, 7) is 4.30. The van der Waals surface area contributed by atoms with Crippen molar-refractivity contribution in [3.05, 3.63) is 23.8 Å². The third kappa shape index (κ3) is 5.41. The van der Waals surface area contributed by atoms with Crippen LogP contribution in [0, 0.1) is 0 Å². The van der Waals surface area contributed by atoms with Crippen molar-refractivity contribution in [1.82, 2.24) is 5.32 Å². The van der Waals surface area contributed by atoms with Gasteiger partial charge in [-0.25, -0.2) is 0 Å². The number of hydrogen-bond acceptors (Lipinski definition) is 6. The molecule has 6 nitrogen and oxygen atoms in total. The predicted octanol–water partition coefficient (Wildman–Crippen LogP) is 1.95. The average Bonchev–Trinajstić information content (AvgIpc) is 2.77. The fraction of sp³-hybridized carbons (Fsp3) is 0.588. The molecule has 0 spiro atoms. The number of methoxy groups -OCH3 is 1. The van der Waals surface area contributed by atoms with Gasteiger partial charge in [0.2, 0.25) is 0 Å². The highest BCUT2D eigenvalue weighted by Crippen LogP contribution is 2.28. The molecule has 23 heavy (non-hydrogen) atoms. The zero-order valence-corrected chi connectivity index (χ0v) is 13.9. The molecule has 1 unspecified atom stereocenters. The summed E-state index contributed by atoms with van der Waals surface area (Å²) in [7, 11) is 1.63. The molecule has 0 saturated carbocycles. The van der Waals surface area contributed by atoms with Gasteiger partial charge in [0.1, 0.15) is 24.2 Å². The fourth-order valence-electron chi connectivity index (χ4n) is 2.34. The van der Waals surface area contributed by atoms with E-state index in [0.717, 1.165) is 48.6 Å². The average molecular weight is 322 g/mol. The Morgan fingerprint density at radius 3 is 3.09 bits per heavy atom. The Balaban J connectivity index is 1.98. The summed E-state index contributed by atoms with van der Waals surface area (Å²) in [5.74, 6) is 1.54. The second-order valence-electron chi connectivity index (χ2n) is 5.51. The van der Waals surface area contributed by atoms with Crippen molar-refractivity contribution >= 4 is 5.71 Å². The molecule has 0 aromatic heterocycles. The van der Waals surface area contributed by atoms with Crippen LogP contribution in [0.25, 0.3) is 0 Å². The highest BCUT2D eigenvalue weighted by atomic mass is 16.6. The zero-order valence-electron chi connectivity index (χ0n) is 13.9. The number of aliphatic hydroxyl groups is 1. The molecule has 2 N–H and O–H groups in total. The van der Waals surface area contributed by atoms with Crippen LogP contribution in [0.15, 0.2) is 23.4 Å². The van der Waals surface area contributed by atoms with Crippen molar-refractivity contribution in [2.45, 2.75) is 32.3 Å². The fourth-order valence-corrected chi connectivity index (χ4v) is 2.34. The van der Waals surface area contributed by atoms with Gasteiger partial charge in [-0.1, -0.05) is 12.1 Å². The maximum atomic E-state index is 9.84. The quantitative estimate of drug-likeness (QED) is 0.565. The van der Waals surface area contributed by atoms with Gasteiger partial charge in [-0.15, -0.1) is 0 Å². The number of aliphatic hydroxyl groups excluding tert-OH is 1. The first kappa shape index (κ1) is 17.6. The van der Waals surface area contributed by atoms with Crippen molar-refractivity contribution in [1.29, 1.82) is 0 Å². The van der Waals surface area contributed by atoms with Crippen LogP contribution in [-0.2, 0) is 4.84 Å². The number of oxime groups is 1. The minimum absolute atomic E-state index is 0.167. The smallest absolute Gasteiger partial charge is 0.144 e. The number of hydrogen-bond donors (Lipinski definition) is 2. The Kier molecular flexibility index (Phi) is 7.16. The highest BCUT2D eigenvalue weighted by molar-refractivity contribution is 6.03. The second-order valence-corrected chi connectivity index (χ2v) is 5.51. The molecule has 1 atom stereocenters. The summed E-state index contributed by atoms with van der Waals surface area (Å²) in [5, 5.41) is 17.2. The van der Waals surface area contributed by atoms with Crippen molar-refractivity contribution in [2.75, 3.05) is 33.4 Å². The van der Waals surface area contributed by atoms with E-state index >= 15 is 0 Å². The van der Waals surface area contributed by atoms with E-state index < -0.39 is 6.10 Å². The van der Waals surface area contributed by atoms with E-state index in [2.05, 4.69) is 17.4 Å². The lowest BCUT2D eigenvalue weighted by atomic mass is 10.1. The van der Waals surface area contributed by atoms with Gasteiger partial charge in [0.05, 0.1) is 19.4 Å². The molecule has 0 aliphatic carbocycles. The van der Waals surface area contributed by atoms with Crippen LogP contribution in [0.5, 0.6) is 11.5 Å². The van der Waals surface area contributed by atoms with Gasteiger partial charge in [0.15, 0.2) is 0 Å². The van der Waals surface area contributed by atoms with Gasteiger partial charge >= 0.3 is 0 Å². The summed E-state index contributed by atoms with van der Waals surface area (Å²) in [6.07, 6.45) is 2.11. The lowest BCUT2D eigenvalue weighted by Gasteiger charge is -2.12. The van der Waals surface area contributed by atoms with Crippen LogP contribution in [-0.4, -0.2) is 50.3 Å². The molecule has 128 valence electrons. The molecule has 0 bridgehead atoms. The van der Waals surface area contributed by atoms with Crippen LogP contribution in [0.4, 0.5) is 0 Å². The molecule has 6 heteroatoms. The lowest BCUT2D eigenvalue weighted by Crippen LogP contribution is -2.30. The number of nitrogens with zero attached hydrogens (tertiary/aromatic N) is 1. The first-order valence-electron chi connectivity index (χ1n) is 8.13. The van der Waals surface area contributed by atoms with E-state index in [9.17, 15) is 5.11 Å². The van der Waals surface area contributed by atoms with Crippen molar-refractivity contribution in [3.63, 3.8) is 0 Å². The van der Waals surface area contributed by atoms with Crippen LogP contribution in [0.3, 0.4) is 0 Å². The minimum Gasteiger partial charge on any atom is -0.497 e. The molecule has 1 aliphatic rings. The number of ether oxygens (including phenoxy) is 2. The first-order chi connectivity index (χ1) is 11.2. The number of benzene rings is 1. The van der Waals surface area contributed by atoms with Crippen LogP contribution in [0.1, 0.15) is 31.7 Å². The number of nitrogens with one attached hydrogen (secondary N) is 1. The van der Waals surface area contributed by atoms with E-state index in [-0.39, 0.29) is 6.61 Å². The highest BCUT2D eigenvalue weighted by Gasteiger charge is 2.17. The third-order valence-corrected chi connectivity index (χ3v) is 3.56. The Hall–Kier alpha value is -1.79. The van der Waals surface area contributed by atoms with E-state index in [1.165, 1.54) is 0 Å². The molecule has 2 rings (SSSR count).